The van der Waals surface area contributed by atoms with E-state index in [1.54, 1.807) is 11.0 Å². The highest BCUT2D eigenvalue weighted by Gasteiger charge is 2.35. The van der Waals surface area contributed by atoms with Crippen LogP contribution in [0.25, 0.3) is 0 Å². The van der Waals surface area contributed by atoms with Crippen LogP contribution < -0.4 is 4.90 Å². The van der Waals surface area contributed by atoms with Gasteiger partial charge in [-0.2, -0.15) is 5.26 Å². The van der Waals surface area contributed by atoms with Crippen molar-refractivity contribution in [1.82, 2.24) is 4.90 Å². The van der Waals surface area contributed by atoms with E-state index in [2.05, 4.69) is 11.0 Å². The van der Waals surface area contributed by atoms with Crippen LogP contribution in [-0.2, 0) is 14.6 Å². The Kier molecular flexibility index (Phi) is 4.76. The zero-order valence-corrected chi connectivity index (χ0v) is 14.3. The minimum atomic E-state index is -3.04. The molecule has 2 aliphatic rings. The number of rotatable bonds is 2. The van der Waals surface area contributed by atoms with Gasteiger partial charge in [-0.3, -0.25) is 4.79 Å². The Labute approximate surface area is 142 Å². The van der Waals surface area contributed by atoms with Gasteiger partial charge in [0.05, 0.1) is 28.7 Å². The Morgan fingerprint density at radius 1 is 1.17 bits per heavy atom. The van der Waals surface area contributed by atoms with Crippen LogP contribution in [0.15, 0.2) is 24.3 Å². The number of hydrogen-bond acceptors (Lipinski definition) is 5. The summed E-state index contributed by atoms with van der Waals surface area (Å²) in [6, 6.07) is 9.69. The SMILES string of the molecule is N#Cc1ccccc1N1CCCN(C(=O)C2CCS(=O)(=O)C2)CC1. The zero-order valence-electron chi connectivity index (χ0n) is 13.5. The lowest BCUT2D eigenvalue weighted by atomic mass is 10.1. The molecule has 0 aliphatic carbocycles. The number of carbonyl (C=O) groups is 1. The third-order valence-corrected chi connectivity index (χ3v) is 6.52. The van der Waals surface area contributed by atoms with E-state index in [-0.39, 0.29) is 23.3 Å². The quantitative estimate of drug-likeness (QED) is 0.798. The van der Waals surface area contributed by atoms with Gasteiger partial charge in [0.25, 0.3) is 0 Å². The number of sulfone groups is 1. The van der Waals surface area contributed by atoms with Crippen molar-refractivity contribution in [2.45, 2.75) is 12.8 Å². The van der Waals surface area contributed by atoms with Crippen LogP contribution in [0.4, 0.5) is 5.69 Å². The van der Waals surface area contributed by atoms with Crippen molar-refractivity contribution in [3.8, 4) is 6.07 Å². The first kappa shape index (κ1) is 16.8. The summed E-state index contributed by atoms with van der Waals surface area (Å²) in [5.74, 6) is -0.304. The highest BCUT2D eigenvalue weighted by atomic mass is 32.2. The fraction of sp³-hybridized carbons (Fsp3) is 0.529. The van der Waals surface area contributed by atoms with Crippen molar-refractivity contribution >= 4 is 21.4 Å². The monoisotopic (exact) mass is 347 g/mol. The summed E-state index contributed by atoms with van der Waals surface area (Å²) in [7, 11) is -3.04. The average Bonchev–Trinajstić information content (AvgIpc) is 2.80. The molecule has 2 saturated heterocycles. The number of amides is 1. The van der Waals surface area contributed by atoms with Gasteiger partial charge in [0, 0.05) is 26.2 Å². The third kappa shape index (κ3) is 3.54. The lowest BCUT2D eigenvalue weighted by Gasteiger charge is -2.25. The molecular weight excluding hydrogens is 326 g/mol. The molecule has 2 fully saturated rings. The van der Waals surface area contributed by atoms with E-state index < -0.39 is 9.84 Å². The van der Waals surface area contributed by atoms with Crippen LogP contribution >= 0.6 is 0 Å². The summed E-state index contributed by atoms with van der Waals surface area (Å²) >= 11 is 0. The number of para-hydroxylation sites is 1. The van der Waals surface area contributed by atoms with Crippen LogP contribution in [0.5, 0.6) is 0 Å². The number of nitriles is 1. The summed E-state index contributed by atoms with van der Waals surface area (Å²) in [6.45, 7) is 2.64. The van der Waals surface area contributed by atoms with Crippen molar-refractivity contribution < 1.29 is 13.2 Å². The highest BCUT2D eigenvalue weighted by molar-refractivity contribution is 7.91. The zero-order chi connectivity index (χ0) is 17.2. The van der Waals surface area contributed by atoms with E-state index in [1.807, 2.05) is 18.2 Å². The summed E-state index contributed by atoms with van der Waals surface area (Å²) in [5.41, 5.74) is 1.54. The fourth-order valence-corrected chi connectivity index (χ4v) is 5.20. The highest BCUT2D eigenvalue weighted by Crippen LogP contribution is 2.24. The molecular formula is C17H21N3O3S. The second-order valence-corrected chi connectivity index (χ2v) is 8.62. The molecule has 3 rings (SSSR count). The number of nitrogens with zero attached hydrogens (tertiary/aromatic N) is 3. The molecule has 6 nitrogen and oxygen atoms in total. The molecule has 1 aromatic carbocycles. The molecule has 128 valence electrons. The molecule has 0 spiro atoms. The Hall–Kier alpha value is -2.07. The lowest BCUT2D eigenvalue weighted by Crippen LogP contribution is -2.39. The largest absolute Gasteiger partial charge is 0.369 e. The van der Waals surface area contributed by atoms with Gasteiger partial charge in [-0.25, -0.2) is 8.42 Å². The number of benzene rings is 1. The minimum absolute atomic E-state index is 0.0106. The van der Waals surface area contributed by atoms with E-state index in [1.165, 1.54) is 0 Å². The first-order valence-corrected chi connectivity index (χ1v) is 10.1. The first-order valence-electron chi connectivity index (χ1n) is 8.23. The number of carbonyl (C=O) groups excluding carboxylic acids is 1. The van der Waals surface area contributed by atoms with Gasteiger partial charge in [-0.15, -0.1) is 0 Å². The molecule has 1 unspecified atom stereocenters. The predicted octanol–water partition coefficient (Wildman–Crippen LogP) is 1.03. The maximum atomic E-state index is 12.6. The summed E-state index contributed by atoms with van der Waals surface area (Å²) in [6.07, 6.45) is 1.25. The van der Waals surface area contributed by atoms with Crippen molar-refractivity contribution in [3.05, 3.63) is 29.8 Å². The summed E-state index contributed by atoms with van der Waals surface area (Å²) < 4.78 is 23.2. The Balaban J connectivity index is 1.67. The van der Waals surface area contributed by atoms with Crippen LogP contribution in [0, 0.1) is 17.2 Å². The molecule has 2 heterocycles. The lowest BCUT2D eigenvalue weighted by molar-refractivity contribution is -0.134. The average molecular weight is 347 g/mol. The van der Waals surface area contributed by atoms with Gasteiger partial charge in [-0.1, -0.05) is 12.1 Å². The molecule has 0 saturated carbocycles. The van der Waals surface area contributed by atoms with Crippen molar-refractivity contribution in [2.24, 2.45) is 5.92 Å². The van der Waals surface area contributed by atoms with Crippen molar-refractivity contribution in [2.75, 3.05) is 42.6 Å². The molecule has 0 aromatic heterocycles. The van der Waals surface area contributed by atoms with Crippen molar-refractivity contribution in [3.63, 3.8) is 0 Å². The minimum Gasteiger partial charge on any atom is -0.369 e. The topological polar surface area (TPSA) is 81.5 Å². The molecule has 7 heteroatoms. The van der Waals surface area contributed by atoms with Gasteiger partial charge < -0.3 is 9.80 Å². The standard InChI is InChI=1S/C17H21N3O3S/c18-12-14-4-1-2-5-16(14)19-7-3-8-20(10-9-19)17(21)15-6-11-24(22,23)13-15/h1-2,4-5,15H,3,6-11,13H2. The van der Waals surface area contributed by atoms with Crippen LogP contribution in [-0.4, -0.2) is 56.9 Å². The summed E-state index contributed by atoms with van der Waals surface area (Å²) in [5, 5.41) is 9.25. The van der Waals surface area contributed by atoms with Gasteiger partial charge in [-0.05, 0) is 25.0 Å². The number of anilines is 1. The van der Waals surface area contributed by atoms with Gasteiger partial charge in [0.2, 0.25) is 5.91 Å². The van der Waals surface area contributed by atoms with E-state index in [9.17, 15) is 18.5 Å². The molecule has 1 atom stereocenters. The molecule has 2 aliphatic heterocycles. The van der Waals surface area contributed by atoms with Gasteiger partial charge in [0.1, 0.15) is 6.07 Å². The Bertz CT molecular complexity index is 770. The van der Waals surface area contributed by atoms with E-state index in [4.69, 9.17) is 0 Å². The maximum Gasteiger partial charge on any atom is 0.226 e. The van der Waals surface area contributed by atoms with Crippen LogP contribution in [0.3, 0.4) is 0 Å². The summed E-state index contributed by atoms with van der Waals surface area (Å²) in [4.78, 5) is 16.5. The van der Waals surface area contributed by atoms with E-state index >= 15 is 0 Å². The Morgan fingerprint density at radius 2 is 1.96 bits per heavy atom. The molecule has 0 bridgehead atoms. The predicted molar refractivity (Wildman–Crippen MR) is 91.3 cm³/mol. The first-order chi connectivity index (χ1) is 11.5. The maximum absolute atomic E-state index is 12.6. The van der Waals surface area contributed by atoms with Gasteiger partial charge in [0.15, 0.2) is 9.84 Å². The third-order valence-electron chi connectivity index (χ3n) is 4.75. The van der Waals surface area contributed by atoms with Gasteiger partial charge >= 0.3 is 0 Å². The van der Waals surface area contributed by atoms with Crippen molar-refractivity contribution in [1.29, 1.82) is 5.26 Å². The molecule has 1 aromatic rings. The number of hydrogen-bond donors (Lipinski definition) is 0. The smallest absolute Gasteiger partial charge is 0.226 e. The second kappa shape index (κ2) is 6.81. The Morgan fingerprint density at radius 3 is 2.67 bits per heavy atom. The molecule has 0 radical (unpaired) electrons. The van der Waals surface area contributed by atoms with E-state index in [0.29, 0.717) is 31.6 Å². The molecule has 24 heavy (non-hydrogen) atoms. The second-order valence-electron chi connectivity index (χ2n) is 6.39. The molecule has 1 amide bonds. The van der Waals surface area contributed by atoms with E-state index in [0.717, 1.165) is 18.7 Å². The van der Waals surface area contributed by atoms with Crippen LogP contribution in [0.1, 0.15) is 18.4 Å². The van der Waals surface area contributed by atoms with Crippen LogP contribution in [0.2, 0.25) is 0 Å². The fourth-order valence-electron chi connectivity index (χ4n) is 3.47. The normalized spacial score (nSPS) is 23.5. The molecule has 0 N–H and O–H groups in total.